The Hall–Kier alpha value is -0.640. The molecule has 19 heavy (non-hydrogen) atoms. The first-order valence-corrected chi connectivity index (χ1v) is 5.73. The van der Waals surface area contributed by atoms with Gasteiger partial charge in [0.2, 0.25) is 0 Å². The Labute approximate surface area is 135 Å². The zero-order valence-corrected chi connectivity index (χ0v) is 16.2. The fourth-order valence-corrected chi connectivity index (χ4v) is 0.654. The third-order valence-electron chi connectivity index (χ3n) is 1.13. The van der Waals surface area contributed by atoms with Crippen molar-refractivity contribution in [3.8, 4) is 5.75 Å². The summed E-state index contributed by atoms with van der Waals surface area (Å²) in [5.41, 5.74) is -0.0671. The van der Waals surface area contributed by atoms with Gasteiger partial charge in [0.1, 0.15) is 11.3 Å². The van der Waals surface area contributed by atoms with Crippen LogP contribution in [0.4, 0.5) is 0 Å². The molecule has 2 N–H and O–H groups in total. The Morgan fingerprint density at radius 1 is 0.947 bits per heavy atom. The van der Waals surface area contributed by atoms with E-state index in [0.29, 0.717) is 0 Å². The molecule has 0 aromatic heterocycles. The number of para-hydroxylation sites is 1. The van der Waals surface area contributed by atoms with Gasteiger partial charge >= 0.3 is 5.97 Å². The second-order valence-electron chi connectivity index (χ2n) is 4.82. The van der Waals surface area contributed by atoms with Gasteiger partial charge in [0, 0.05) is 25.8 Å². The number of hydrogen-bond acceptors (Lipinski definition) is 2. The Morgan fingerprint density at radius 3 is 1.47 bits per heavy atom. The van der Waals surface area contributed by atoms with Crippen LogP contribution < -0.4 is 0 Å². The topological polar surface area (TPSA) is 57.5 Å². The van der Waals surface area contributed by atoms with Crippen molar-refractivity contribution in [3.05, 3.63) is 41.7 Å². The molecule has 0 unspecified atom stereocenters. The minimum absolute atomic E-state index is 0. The second-order valence-corrected chi connectivity index (χ2v) is 4.82. The summed E-state index contributed by atoms with van der Waals surface area (Å²) in [7, 11) is 0. The average Bonchev–Trinajstić information content (AvgIpc) is 2.15. The molecular weight excluding hydrogens is 407 g/mol. The van der Waals surface area contributed by atoms with Crippen molar-refractivity contribution in [2.75, 3.05) is 0 Å². The molecule has 1 aromatic carbocycles. The molecular formula is C15H24HfO3-2. The molecule has 1 aromatic rings. The summed E-state index contributed by atoms with van der Waals surface area (Å²) in [6.07, 6.45) is 0. The van der Waals surface area contributed by atoms with Gasteiger partial charge in [0.05, 0.1) is 0 Å². The van der Waals surface area contributed by atoms with E-state index < -0.39 is 5.97 Å². The summed E-state index contributed by atoms with van der Waals surface area (Å²) in [5, 5.41) is 17.3. The normalized spacial score (nSPS) is 8.63. The fourth-order valence-electron chi connectivity index (χ4n) is 0.654. The predicted octanol–water partition coefficient (Wildman–Crippen LogP) is 4.33. The Balaban J connectivity index is -0.000000242. The SMILES string of the molecule is C[C-](C)C.C[C-](C)C.O=C(O)c1ccccc1O.[Hf]. The molecule has 1 rings (SSSR count). The largest absolute Gasteiger partial charge is 0.507 e. The molecule has 0 spiro atoms. The number of hydrogen-bond donors (Lipinski definition) is 2. The van der Waals surface area contributed by atoms with Gasteiger partial charge in [-0.15, -0.1) is 0 Å². The zero-order chi connectivity index (χ0) is 14.7. The zero-order valence-electron chi connectivity index (χ0n) is 12.6. The molecule has 0 fully saturated rings. The van der Waals surface area contributed by atoms with Gasteiger partial charge in [-0.1, -0.05) is 12.1 Å². The monoisotopic (exact) mass is 432 g/mol. The van der Waals surface area contributed by atoms with Crippen molar-refractivity contribution >= 4 is 5.97 Å². The number of phenols is 1. The first-order valence-electron chi connectivity index (χ1n) is 5.73. The van der Waals surface area contributed by atoms with E-state index >= 15 is 0 Å². The van der Waals surface area contributed by atoms with Crippen molar-refractivity contribution < 1.29 is 40.9 Å². The van der Waals surface area contributed by atoms with E-state index in [-0.39, 0.29) is 37.2 Å². The third kappa shape index (κ3) is 19.9. The summed E-state index contributed by atoms with van der Waals surface area (Å²) < 4.78 is 0. The van der Waals surface area contributed by atoms with E-state index in [4.69, 9.17) is 10.2 Å². The third-order valence-corrected chi connectivity index (χ3v) is 1.13. The summed E-state index contributed by atoms with van der Waals surface area (Å²) in [4.78, 5) is 10.3. The summed E-state index contributed by atoms with van der Waals surface area (Å²) in [5.74, 6) is 1.52. The number of carboxylic acids is 1. The van der Waals surface area contributed by atoms with Gasteiger partial charge in [-0.3, -0.25) is 0 Å². The van der Waals surface area contributed by atoms with Crippen molar-refractivity contribution in [1.29, 1.82) is 0 Å². The molecule has 0 aliphatic heterocycles. The van der Waals surface area contributed by atoms with E-state index in [1.165, 1.54) is 24.0 Å². The Morgan fingerprint density at radius 2 is 1.26 bits per heavy atom. The van der Waals surface area contributed by atoms with E-state index in [9.17, 15) is 4.79 Å². The summed E-state index contributed by atoms with van der Waals surface area (Å²) in [6.45, 7) is 12.5. The van der Waals surface area contributed by atoms with E-state index in [1.807, 2.05) is 0 Å². The molecule has 0 aliphatic rings. The number of aromatic carboxylic acids is 1. The van der Waals surface area contributed by atoms with Crippen molar-refractivity contribution in [3.63, 3.8) is 0 Å². The van der Waals surface area contributed by atoms with Crippen LogP contribution in [-0.2, 0) is 25.8 Å². The first kappa shape index (κ1) is 23.5. The van der Waals surface area contributed by atoms with Crippen LogP contribution in [0.25, 0.3) is 0 Å². The molecule has 4 heteroatoms. The quantitative estimate of drug-likeness (QED) is 0.515. The Bertz CT molecular complexity index is 324. The number of rotatable bonds is 1. The van der Waals surface area contributed by atoms with Crippen LogP contribution in [0.2, 0.25) is 0 Å². The molecule has 0 amide bonds. The van der Waals surface area contributed by atoms with Crippen LogP contribution in [0.5, 0.6) is 5.75 Å². The maximum absolute atomic E-state index is 10.3. The summed E-state index contributed by atoms with van der Waals surface area (Å²) in [6, 6.07) is 5.81. The van der Waals surface area contributed by atoms with Crippen LogP contribution in [0.3, 0.4) is 0 Å². The van der Waals surface area contributed by atoms with Crippen molar-refractivity contribution in [2.24, 2.45) is 0 Å². The molecule has 3 nitrogen and oxygen atoms in total. The second kappa shape index (κ2) is 13.8. The maximum atomic E-state index is 10.3. The van der Waals surface area contributed by atoms with Crippen molar-refractivity contribution in [2.45, 2.75) is 41.5 Å². The number of carbonyl (C=O) groups is 1. The van der Waals surface area contributed by atoms with E-state index in [0.717, 1.165) is 0 Å². The van der Waals surface area contributed by atoms with Gasteiger partial charge in [-0.2, -0.15) is 41.5 Å². The van der Waals surface area contributed by atoms with Crippen LogP contribution in [-0.4, -0.2) is 16.2 Å². The minimum atomic E-state index is -1.11. The van der Waals surface area contributed by atoms with E-state index in [2.05, 4.69) is 41.5 Å². The molecule has 108 valence electrons. The van der Waals surface area contributed by atoms with Gasteiger partial charge in [-0.25, -0.2) is 4.79 Å². The average molecular weight is 431 g/mol. The van der Waals surface area contributed by atoms with Gasteiger partial charge < -0.3 is 22.0 Å². The van der Waals surface area contributed by atoms with Crippen LogP contribution >= 0.6 is 0 Å². The maximum Gasteiger partial charge on any atom is 0.339 e. The number of carboxylic acid groups (broad SMARTS) is 1. The summed E-state index contributed by atoms with van der Waals surface area (Å²) >= 11 is 0. The molecule has 0 bridgehead atoms. The van der Waals surface area contributed by atoms with Gasteiger partial charge in [0.25, 0.3) is 0 Å². The predicted molar refractivity (Wildman–Crippen MR) is 75.6 cm³/mol. The molecule has 0 heterocycles. The van der Waals surface area contributed by atoms with Gasteiger partial charge in [0.15, 0.2) is 0 Å². The smallest absolute Gasteiger partial charge is 0.339 e. The molecule has 0 saturated heterocycles. The minimum Gasteiger partial charge on any atom is -0.507 e. The van der Waals surface area contributed by atoms with Crippen molar-refractivity contribution in [1.82, 2.24) is 0 Å². The standard InChI is InChI=1S/C7H6O3.2C4H9.Hf/c8-6-4-2-1-3-5(6)7(9)10;2*1-4(2)3;/h1-4,8H,(H,9,10);2*1-3H3;/q;2*-1;. The molecule has 0 saturated carbocycles. The fraction of sp³-hybridized carbons (Fsp3) is 0.400. The van der Waals surface area contributed by atoms with Crippen LogP contribution in [0.15, 0.2) is 24.3 Å². The molecule has 0 radical (unpaired) electrons. The van der Waals surface area contributed by atoms with E-state index in [1.54, 1.807) is 12.1 Å². The molecule has 0 atom stereocenters. The van der Waals surface area contributed by atoms with Gasteiger partial charge in [-0.05, 0) is 12.1 Å². The number of aromatic hydroxyl groups is 1. The van der Waals surface area contributed by atoms with Crippen LogP contribution in [0.1, 0.15) is 51.9 Å². The Kier molecular flexibility index (Phi) is 17.0. The molecule has 0 aliphatic carbocycles. The number of benzene rings is 1. The first-order chi connectivity index (χ1) is 8.18. The van der Waals surface area contributed by atoms with Crippen LogP contribution in [0, 0.1) is 11.8 Å².